The van der Waals surface area contributed by atoms with Gasteiger partial charge in [0.1, 0.15) is 49.4 Å². The van der Waals surface area contributed by atoms with Gasteiger partial charge in [-0.3, -0.25) is 29.0 Å². The minimum atomic E-state index is -1.01. The molecule has 0 unspecified atom stereocenters. The van der Waals surface area contributed by atoms with E-state index in [1.807, 2.05) is 228 Å². The molecule has 0 heterocycles. The molecule has 8 rings (SSSR count). The molecule has 0 fully saturated rings. The van der Waals surface area contributed by atoms with Crippen molar-refractivity contribution >= 4 is 23.8 Å². The van der Waals surface area contributed by atoms with Gasteiger partial charge in [-0.15, -0.1) is 0 Å². The van der Waals surface area contributed by atoms with E-state index in [9.17, 15) is 29.4 Å². The summed E-state index contributed by atoms with van der Waals surface area (Å²) in [5.74, 6) is 0.125. The third kappa shape index (κ3) is 23.2. The SMILES string of the molecule is O=C(O)CC[C@@H](C(=O)NCCOCCOCCNC(=O)[C@H](CCC(=O)O)N(Cc1ccc(OCc2ccccc2)cc1)Cc1ccc(OCc2ccccc2)cc1)N(Cc1ccc(OCc2ccccc2)cc1)Cc1ccc(OCc2ccccc2)cc1. The molecule has 458 valence electrons. The highest BCUT2D eigenvalue weighted by Crippen LogP contribution is 2.25. The van der Waals surface area contributed by atoms with Crippen LogP contribution in [0.3, 0.4) is 0 Å². The van der Waals surface area contributed by atoms with Crippen molar-refractivity contribution in [3.63, 3.8) is 0 Å². The second-order valence-corrected chi connectivity index (χ2v) is 21.2. The van der Waals surface area contributed by atoms with E-state index >= 15 is 0 Å². The number of amides is 2. The number of ether oxygens (including phenoxy) is 6. The first kappa shape index (κ1) is 64.7. The third-order valence-electron chi connectivity index (χ3n) is 14.4. The van der Waals surface area contributed by atoms with E-state index in [1.54, 1.807) is 0 Å². The van der Waals surface area contributed by atoms with Crippen LogP contribution in [0.5, 0.6) is 23.0 Å². The summed E-state index contributed by atoms with van der Waals surface area (Å²) in [5, 5.41) is 25.6. The van der Waals surface area contributed by atoms with Crippen molar-refractivity contribution in [1.82, 2.24) is 20.4 Å². The fraction of sp³-hybridized carbons (Fsp3) is 0.278. The van der Waals surface area contributed by atoms with Gasteiger partial charge in [-0.25, -0.2) is 0 Å². The molecule has 0 radical (unpaired) electrons. The maximum absolute atomic E-state index is 14.1. The molecule has 8 aromatic rings. The lowest BCUT2D eigenvalue weighted by Gasteiger charge is -2.31. The normalized spacial score (nSPS) is 11.8. The van der Waals surface area contributed by atoms with Gasteiger partial charge < -0.3 is 49.3 Å². The van der Waals surface area contributed by atoms with Crippen LogP contribution in [-0.4, -0.2) is 95.4 Å². The van der Waals surface area contributed by atoms with E-state index in [4.69, 9.17) is 28.4 Å². The summed E-state index contributed by atoms with van der Waals surface area (Å²) >= 11 is 0. The van der Waals surface area contributed by atoms with E-state index < -0.39 is 24.0 Å². The predicted octanol–water partition coefficient (Wildman–Crippen LogP) is 11.4. The number of carbonyl (C=O) groups is 4. The Morgan fingerprint density at radius 2 is 0.580 bits per heavy atom. The van der Waals surface area contributed by atoms with Crippen LogP contribution < -0.4 is 29.6 Å². The zero-order chi connectivity index (χ0) is 61.4. The molecule has 16 heteroatoms. The molecule has 4 N–H and O–H groups in total. The smallest absolute Gasteiger partial charge is 0.303 e. The maximum Gasteiger partial charge on any atom is 0.303 e. The van der Waals surface area contributed by atoms with E-state index in [2.05, 4.69) is 10.6 Å². The second-order valence-electron chi connectivity index (χ2n) is 21.2. The molecule has 0 aliphatic carbocycles. The monoisotopic (exact) mass is 1190 g/mol. The minimum Gasteiger partial charge on any atom is -0.489 e. The van der Waals surface area contributed by atoms with Crippen molar-refractivity contribution in [3.05, 3.63) is 263 Å². The first-order valence-corrected chi connectivity index (χ1v) is 29.7. The van der Waals surface area contributed by atoms with Gasteiger partial charge >= 0.3 is 11.9 Å². The van der Waals surface area contributed by atoms with Crippen molar-refractivity contribution in [2.24, 2.45) is 0 Å². The third-order valence-corrected chi connectivity index (χ3v) is 14.4. The largest absolute Gasteiger partial charge is 0.489 e. The molecule has 88 heavy (non-hydrogen) atoms. The lowest BCUT2D eigenvalue weighted by atomic mass is 10.0. The predicted molar refractivity (Wildman–Crippen MR) is 336 cm³/mol. The van der Waals surface area contributed by atoms with E-state index in [-0.39, 0.29) is 77.0 Å². The highest BCUT2D eigenvalue weighted by atomic mass is 16.5. The van der Waals surface area contributed by atoms with Gasteiger partial charge in [0.15, 0.2) is 0 Å². The number of carboxylic acids is 2. The highest BCUT2D eigenvalue weighted by Gasteiger charge is 2.29. The Morgan fingerprint density at radius 1 is 0.330 bits per heavy atom. The van der Waals surface area contributed by atoms with Gasteiger partial charge in [0.2, 0.25) is 11.8 Å². The Balaban J connectivity index is 0.831. The zero-order valence-corrected chi connectivity index (χ0v) is 49.5. The van der Waals surface area contributed by atoms with Gasteiger partial charge in [0.05, 0.1) is 38.5 Å². The number of hydrogen-bond donors (Lipinski definition) is 4. The Bertz CT molecular complexity index is 2900. The Morgan fingerprint density at radius 3 is 0.818 bits per heavy atom. The number of carboxylic acid groups (broad SMARTS) is 2. The maximum atomic E-state index is 14.1. The molecule has 0 bridgehead atoms. The summed E-state index contributed by atoms with van der Waals surface area (Å²) < 4.78 is 35.8. The Hall–Kier alpha value is -9.32. The van der Waals surface area contributed by atoms with Crippen LogP contribution in [-0.2, 0) is 81.3 Å². The minimum absolute atomic E-state index is 0.0698. The van der Waals surface area contributed by atoms with Gasteiger partial charge in [-0.2, -0.15) is 0 Å². The van der Waals surface area contributed by atoms with Crippen LogP contribution in [0.4, 0.5) is 0 Å². The van der Waals surface area contributed by atoms with Gasteiger partial charge in [0.25, 0.3) is 0 Å². The van der Waals surface area contributed by atoms with Crippen molar-refractivity contribution in [2.45, 2.75) is 90.4 Å². The first-order chi connectivity index (χ1) is 43.1. The molecule has 0 spiro atoms. The van der Waals surface area contributed by atoms with Crippen molar-refractivity contribution in [3.8, 4) is 23.0 Å². The van der Waals surface area contributed by atoms with Crippen molar-refractivity contribution in [2.75, 3.05) is 39.5 Å². The van der Waals surface area contributed by atoms with Crippen LogP contribution in [0, 0.1) is 0 Å². The second kappa shape index (κ2) is 36.0. The molecule has 2 atom stereocenters. The number of benzene rings is 8. The highest BCUT2D eigenvalue weighted by molar-refractivity contribution is 5.83. The molecular formula is C72H78N4O12. The van der Waals surface area contributed by atoms with Crippen LogP contribution in [0.25, 0.3) is 0 Å². The summed E-state index contributed by atoms with van der Waals surface area (Å²) in [6, 6.07) is 68.8. The molecule has 0 aromatic heterocycles. The summed E-state index contributed by atoms with van der Waals surface area (Å²) in [7, 11) is 0. The topological polar surface area (TPSA) is 195 Å². The lowest BCUT2D eigenvalue weighted by Crippen LogP contribution is -2.47. The van der Waals surface area contributed by atoms with Crippen LogP contribution in [0.2, 0.25) is 0 Å². The van der Waals surface area contributed by atoms with Crippen molar-refractivity contribution < 1.29 is 57.8 Å². The Labute approximate surface area is 515 Å². The van der Waals surface area contributed by atoms with E-state index in [0.29, 0.717) is 75.6 Å². The lowest BCUT2D eigenvalue weighted by molar-refractivity contribution is -0.139. The first-order valence-electron chi connectivity index (χ1n) is 29.7. The number of aliphatic carboxylic acids is 2. The molecule has 2 amide bonds. The summed E-state index contributed by atoms with van der Waals surface area (Å²) in [4.78, 5) is 56.3. The number of nitrogens with one attached hydrogen (secondary N) is 2. The van der Waals surface area contributed by atoms with Crippen LogP contribution in [0.15, 0.2) is 218 Å². The molecule has 16 nitrogen and oxygen atoms in total. The molecule has 0 saturated heterocycles. The fourth-order valence-corrected chi connectivity index (χ4v) is 9.75. The number of nitrogens with zero attached hydrogens (tertiary/aromatic N) is 2. The standard InChI is InChI=1S/C72H78N4O12/c77-69(78)39-37-67(75(47-55-21-29-63(30-22-55)85-51-59-13-5-1-6-14-59)48-56-23-31-64(32-24-56)86-52-60-15-7-2-8-16-60)71(81)73-41-43-83-45-46-84-44-42-74-72(82)68(38-40-70(79)80)76(49-57-25-33-65(34-26-57)87-53-61-17-9-3-10-18-61)50-58-27-35-66(36-28-58)88-54-62-19-11-4-12-20-62/h1-36,67-68H,37-54H2,(H,73,81)(H,74,82)(H,77,78)(H,79,80)/t67-,68-/m0/s1. The van der Waals surface area contributed by atoms with Gasteiger partial charge in [-0.1, -0.05) is 170 Å². The molecule has 0 aliphatic heterocycles. The average molecular weight is 1190 g/mol. The number of carbonyl (C=O) groups excluding carboxylic acids is 2. The summed E-state index contributed by atoms with van der Waals surface area (Å²) in [6.45, 7) is 4.13. The molecule has 8 aromatic carbocycles. The van der Waals surface area contributed by atoms with Crippen molar-refractivity contribution in [1.29, 1.82) is 0 Å². The van der Waals surface area contributed by atoms with Crippen LogP contribution >= 0.6 is 0 Å². The van der Waals surface area contributed by atoms with Gasteiger partial charge in [0, 0.05) is 52.1 Å². The zero-order valence-electron chi connectivity index (χ0n) is 49.5. The van der Waals surface area contributed by atoms with E-state index in [1.165, 1.54) is 0 Å². The number of hydrogen-bond acceptors (Lipinski definition) is 12. The number of rotatable bonds is 39. The average Bonchev–Trinajstić information content (AvgIpc) is 3.58. The Kier molecular flexibility index (Phi) is 26.4. The van der Waals surface area contributed by atoms with Gasteiger partial charge in [-0.05, 0) is 106 Å². The van der Waals surface area contributed by atoms with E-state index in [0.717, 1.165) is 44.5 Å². The summed E-state index contributed by atoms with van der Waals surface area (Å²) in [5.41, 5.74) is 7.84. The summed E-state index contributed by atoms with van der Waals surface area (Å²) in [6.07, 6.45) is -0.296. The fourth-order valence-electron chi connectivity index (χ4n) is 9.75. The van der Waals surface area contributed by atoms with Crippen LogP contribution in [0.1, 0.15) is 70.2 Å². The molecule has 0 saturated carbocycles. The molecule has 0 aliphatic rings. The quantitative estimate of drug-likeness (QED) is 0.0266. The molecular weight excluding hydrogens is 1110 g/mol.